The average molecular weight is 393 g/mol. The first-order chi connectivity index (χ1) is 14.0. The Morgan fingerprint density at radius 2 is 1.66 bits per heavy atom. The molecule has 0 aliphatic carbocycles. The summed E-state index contributed by atoms with van der Waals surface area (Å²) < 4.78 is 11.0. The molecule has 2 aromatic carbocycles. The molecule has 150 valence electrons. The second kappa shape index (κ2) is 9.71. The van der Waals surface area contributed by atoms with Crippen molar-refractivity contribution >= 4 is 11.7 Å². The third kappa shape index (κ3) is 5.56. The zero-order valence-corrected chi connectivity index (χ0v) is 16.6. The van der Waals surface area contributed by atoms with Gasteiger partial charge in [0.15, 0.2) is 24.2 Å². The van der Waals surface area contributed by atoms with Crippen molar-refractivity contribution in [1.82, 2.24) is 5.32 Å². The maximum atomic E-state index is 12.4. The molecular formula is C23H25N2O4+. The van der Waals surface area contributed by atoms with Crippen molar-refractivity contribution in [2.45, 2.75) is 6.04 Å². The van der Waals surface area contributed by atoms with E-state index in [4.69, 9.17) is 9.15 Å². The van der Waals surface area contributed by atoms with E-state index in [1.165, 1.54) is 0 Å². The molecule has 0 aliphatic heterocycles. The van der Waals surface area contributed by atoms with Crippen LogP contribution >= 0.6 is 0 Å². The lowest BCUT2D eigenvalue weighted by Gasteiger charge is -2.19. The van der Waals surface area contributed by atoms with Crippen LogP contribution in [0.2, 0.25) is 0 Å². The summed E-state index contributed by atoms with van der Waals surface area (Å²) in [6, 6.07) is 19.6. The average Bonchev–Trinajstić information content (AvgIpc) is 3.27. The third-order valence-electron chi connectivity index (χ3n) is 4.61. The van der Waals surface area contributed by atoms with Crippen LogP contribution in [0.15, 0.2) is 77.4 Å². The molecule has 2 N–H and O–H groups in total. The van der Waals surface area contributed by atoms with Crippen LogP contribution in [-0.4, -0.2) is 38.9 Å². The Kier molecular flexibility index (Phi) is 6.81. The van der Waals surface area contributed by atoms with Gasteiger partial charge in [0.2, 0.25) is 0 Å². The number of amides is 1. The quantitative estimate of drug-likeness (QED) is 0.545. The van der Waals surface area contributed by atoms with Gasteiger partial charge in [-0.1, -0.05) is 30.3 Å². The third-order valence-corrected chi connectivity index (χ3v) is 4.61. The van der Waals surface area contributed by atoms with E-state index < -0.39 is 0 Å². The number of furan rings is 1. The molecule has 3 rings (SSSR count). The lowest BCUT2D eigenvalue weighted by atomic mass is 10.0. The summed E-state index contributed by atoms with van der Waals surface area (Å²) in [5.74, 6) is 1.09. The summed E-state index contributed by atoms with van der Waals surface area (Å²) in [7, 11) is 4.02. The maximum Gasteiger partial charge on any atom is 0.258 e. The number of benzene rings is 2. The van der Waals surface area contributed by atoms with Crippen molar-refractivity contribution in [2.24, 2.45) is 0 Å². The minimum absolute atomic E-state index is 0.0252. The molecule has 0 unspecified atom stereocenters. The number of hydrogen-bond donors (Lipinski definition) is 2. The Balaban J connectivity index is 1.49. The monoisotopic (exact) mass is 393 g/mol. The molecule has 0 radical (unpaired) electrons. The molecule has 3 aromatic rings. The van der Waals surface area contributed by atoms with E-state index in [2.05, 4.69) is 5.32 Å². The summed E-state index contributed by atoms with van der Waals surface area (Å²) in [5.41, 5.74) is 1.21. The summed E-state index contributed by atoms with van der Waals surface area (Å²) in [6.07, 6.45) is 1.63. The van der Waals surface area contributed by atoms with Crippen molar-refractivity contribution in [1.29, 1.82) is 0 Å². The van der Waals surface area contributed by atoms with Crippen LogP contribution in [0.1, 0.15) is 27.7 Å². The van der Waals surface area contributed by atoms with E-state index in [9.17, 15) is 9.59 Å². The van der Waals surface area contributed by atoms with Crippen LogP contribution in [0.25, 0.3) is 0 Å². The molecule has 0 fully saturated rings. The molecular weight excluding hydrogens is 368 g/mol. The van der Waals surface area contributed by atoms with E-state index in [-0.39, 0.29) is 24.3 Å². The number of quaternary nitrogens is 1. The normalized spacial score (nSPS) is 11.8. The van der Waals surface area contributed by atoms with Crippen LogP contribution in [0.5, 0.6) is 5.75 Å². The molecule has 1 heterocycles. The van der Waals surface area contributed by atoms with Crippen LogP contribution in [0, 0.1) is 0 Å². The second-order valence-electron chi connectivity index (χ2n) is 6.96. The highest BCUT2D eigenvalue weighted by Gasteiger charge is 2.21. The van der Waals surface area contributed by atoms with Crippen LogP contribution in [-0.2, 0) is 4.79 Å². The molecule has 0 spiro atoms. The standard InChI is InChI=1S/C23H24N2O4/c1-25(2)20(21-9-6-14-28-21)15-24-22(26)16-29-19-12-10-18(11-13-19)23(27)17-7-4-3-5-8-17/h3-14,20H,15-16H2,1-2H3,(H,24,26)/p+1/t20-/m1/s1. The van der Waals surface area contributed by atoms with Gasteiger partial charge in [0.25, 0.3) is 5.91 Å². The molecule has 6 nitrogen and oxygen atoms in total. The number of rotatable bonds is 9. The lowest BCUT2D eigenvalue weighted by molar-refractivity contribution is -0.891. The van der Waals surface area contributed by atoms with Gasteiger partial charge in [0.1, 0.15) is 5.75 Å². The van der Waals surface area contributed by atoms with Gasteiger partial charge in [0, 0.05) is 11.1 Å². The van der Waals surface area contributed by atoms with Gasteiger partial charge in [-0.15, -0.1) is 0 Å². The Morgan fingerprint density at radius 1 is 0.966 bits per heavy atom. The Labute approximate surface area is 170 Å². The summed E-state index contributed by atoms with van der Waals surface area (Å²) in [6.45, 7) is 0.349. The number of carbonyl (C=O) groups is 2. The highest BCUT2D eigenvalue weighted by Crippen LogP contribution is 2.15. The molecule has 0 bridgehead atoms. The van der Waals surface area contributed by atoms with Gasteiger partial charge >= 0.3 is 0 Å². The van der Waals surface area contributed by atoms with E-state index in [1.807, 2.05) is 44.4 Å². The molecule has 0 saturated heterocycles. The molecule has 1 atom stereocenters. The molecule has 1 aromatic heterocycles. The fraction of sp³-hybridized carbons (Fsp3) is 0.217. The fourth-order valence-electron chi connectivity index (χ4n) is 2.95. The number of hydrogen-bond acceptors (Lipinski definition) is 4. The van der Waals surface area contributed by atoms with Gasteiger partial charge in [-0.25, -0.2) is 0 Å². The van der Waals surface area contributed by atoms with Crippen LogP contribution < -0.4 is 15.0 Å². The van der Waals surface area contributed by atoms with Gasteiger partial charge in [-0.3, -0.25) is 9.59 Å². The maximum absolute atomic E-state index is 12.4. The van der Waals surface area contributed by atoms with Crippen molar-refractivity contribution in [2.75, 3.05) is 27.2 Å². The van der Waals surface area contributed by atoms with Crippen molar-refractivity contribution < 1.29 is 23.6 Å². The first kappa shape index (κ1) is 20.4. The van der Waals surface area contributed by atoms with Gasteiger partial charge in [0.05, 0.1) is 26.9 Å². The molecule has 1 amide bonds. The van der Waals surface area contributed by atoms with Crippen molar-refractivity contribution in [3.05, 3.63) is 89.9 Å². The topological polar surface area (TPSA) is 73.0 Å². The van der Waals surface area contributed by atoms with Crippen molar-refractivity contribution in [3.63, 3.8) is 0 Å². The summed E-state index contributed by atoms with van der Waals surface area (Å²) in [4.78, 5) is 25.7. The van der Waals surface area contributed by atoms with Crippen LogP contribution in [0.4, 0.5) is 0 Å². The van der Waals surface area contributed by atoms with E-state index >= 15 is 0 Å². The second-order valence-corrected chi connectivity index (χ2v) is 6.96. The highest BCUT2D eigenvalue weighted by atomic mass is 16.5. The number of likely N-dealkylation sites (N-methyl/N-ethyl adjacent to an activating group) is 1. The molecule has 29 heavy (non-hydrogen) atoms. The number of ether oxygens (including phenoxy) is 1. The van der Waals surface area contributed by atoms with Crippen molar-refractivity contribution in [3.8, 4) is 5.75 Å². The number of ketones is 1. The van der Waals surface area contributed by atoms with Gasteiger partial charge in [-0.05, 0) is 36.4 Å². The predicted molar refractivity (Wildman–Crippen MR) is 109 cm³/mol. The Morgan fingerprint density at radius 3 is 2.28 bits per heavy atom. The highest BCUT2D eigenvalue weighted by molar-refractivity contribution is 6.08. The molecule has 0 aliphatic rings. The van der Waals surface area contributed by atoms with Gasteiger partial charge in [-0.2, -0.15) is 0 Å². The van der Waals surface area contributed by atoms with E-state index in [1.54, 1.807) is 42.7 Å². The SMILES string of the molecule is C[NH+](C)[C@H](CNC(=O)COc1ccc(C(=O)c2ccccc2)cc1)c1ccco1. The first-order valence-electron chi connectivity index (χ1n) is 9.47. The minimum Gasteiger partial charge on any atom is -0.484 e. The number of nitrogens with one attached hydrogen (secondary N) is 2. The van der Waals surface area contributed by atoms with Crippen LogP contribution in [0.3, 0.4) is 0 Å². The zero-order chi connectivity index (χ0) is 20.6. The van der Waals surface area contributed by atoms with E-state index in [0.717, 1.165) is 10.7 Å². The smallest absolute Gasteiger partial charge is 0.258 e. The summed E-state index contributed by atoms with van der Waals surface area (Å²) >= 11 is 0. The first-order valence-corrected chi connectivity index (χ1v) is 9.47. The minimum atomic E-state index is -0.216. The lowest BCUT2D eigenvalue weighted by Crippen LogP contribution is -3.07. The largest absolute Gasteiger partial charge is 0.484 e. The fourth-order valence-corrected chi connectivity index (χ4v) is 2.95. The Hall–Kier alpha value is -3.38. The van der Waals surface area contributed by atoms with Gasteiger partial charge < -0.3 is 19.4 Å². The Bertz CT molecular complexity index is 919. The van der Waals surface area contributed by atoms with E-state index in [0.29, 0.717) is 23.4 Å². The molecule has 0 saturated carbocycles. The molecule has 6 heteroatoms. The number of carbonyl (C=O) groups excluding carboxylic acids is 2. The summed E-state index contributed by atoms with van der Waals surface area (Å²) in [5, 5.41) is 2.87. The zero-order valence-electron chi connectivity index (χ0n) is 16.6. The predicted octanol–water partition coefficient (Wildman–Crippen LogP) is 1.89.